The van der Waals surface area contributed by atoms with Gasteiger partial charge in [0.2, 0.25) is 0 Å². The van der Waals surface area contributed by atoms with Gasteiger partial charge in [-0.05, 0) is 170 Å². The molecule has 0 aliphatic heterocycles. The number of benzene rings is 5. The fourth-order valence-corrected chi connectivity index (χ4v) is 11.9. The van der Waals surface area contributed by atoms with Crippen molar-refractivity contribution in [2.24, 2.45) is 5.92 Å². The van der Waals surface area contributed by atoms with Gasteiger partial charge in [-0.1, -0.05) is 202 Å². The Balaban J connectivity index is 0.000000233. The summed E-state index contributed by atoms with van der Waals surface area (Å²) in [5.41, 5.74) is 13.1. The molecule has 0 saturated heterocycles. The van der Waals surface area contributed by atoms with Crippen LogP contribution in [0.25, 0.3) is 0 Å². The first-order valence-electron chi connectivity index (χ1n) is 26.9. The van der Waals surface area contributed by atoms with E-state index in [-0.39, 0.29) is 27.6 Å². The molecule has 2 aliphatic rings. The number of phenolic OH excluding ortho intramolecular Hbond substituents is 4. The van der Waals surface area contributed by atoms with Gasteiger partial charge in [0.1, 0.15) is 23.0 Å². The van der Waals surface area contributed by atoms with Gasteiger partial charge in [-0.15, -0.1) is 0 Å². The second kappa shape index (κ2) is 20.8. The summed E-state index contributed by atoms with van der Waals surface area (Å²) in [5, 5.41) is 44.7. The van der Waals surface area contributed by atoms with Crippen LogP contribution >= 0.6 is 0 Å². The lowest BCUT2D eigenvalue weighted by atomic mass is 9.66. The van der Waals surface area contributed by atoms with E-state index in [1.165, 1.54) is 92.0 Å². The molecule has 0 radical (unpaired) electrons. The first kappa shape index (κ1) is 54.6. The molecule has 0 atom stereocenters. The zero-order chi connectivity index (χ0) is 51.9. The van der Waals surface area contributed by atoms with Crippen LogP contribution in [0, 0.1) is 19.8 Å². The van der Waals surface area contributed by atoms with Crippen LogP contribution in [-0.4, -0.2) is 20.4 Å². The second-order valence-corrected chi connectivity index (χ2v) is 26.3. The van der Waals surface area contributed by atoms with Crippen molar-refractivity contribution in [3.8, 4) is 23.0 Å². The lowest BCUT2D eigenvalue weighted by Crippen LogP contribution is -2.29. The predicted molar refractivity (Wildman–Crippen MR) is 297 cm³/mol. The third-order valence-corrected chi connectivity index (χ3v) is 16.2. The Morgan fingerprint density at radius 2 is 0.729 bits per heavy atom. The predicted octanol–water partition coefficient (Wildman–Crippen LogP) is 18.2. The van der Waals surface area contributed by atoms with E-state index in [1.54, 1.807) is 0 Å². The maximum Gasteiger partial charge on any atom is 0.123 e. The van der Waals surface area contributed by atoms with Crippen LogP contribution in [0.5, 0.6) is 23.0 Å². The van der Waals surface area contributed by atoms with Crippen LogP contribution in [-0.2, 0) is 27.1 Å². The first-order valence-corrected chi connectivity index (χ1v) is 26.9. The van der Waals surface area contributed by atoms with Crippen LogP contribution in [0.1, 0.15) is 258 Å². The molecule has 4 heteroatoms. The van der Waals surface area contributed by atoms with E-state index < -0.39 is 5.41 Å². The summed E-state index contributed by atoms with van der Waals surface area (Å²) in [6, 6.07) is 28.1. The first-order chi connectivity index (χ1) is 32.5. The van der Waals surface area contributed by atoms with Gasteiger partial charge in [0, 0.05) is 11.3 Å². The molecular formula is C66H92O4. The molecular weight excluding hydrogens is 857 g/mol. The fraction of sp³-hybridized carbons (Fsp3) is 0.545. The van der Waals surface area contributed by atoms with Gasteiger partial charge in [-0.2, -0.15) is 0 Å². The third-order valence-electron chi connectivity index (χ3n) is 16.2. The van der Waals surface area contributed by atoms with E-state index >= 15 is 0 Å². The highest BCUT2D eigenvalue weighted by Crippen LogP contribution is 2.50. The van der Waals surface area contributed by atoms with Gasteiger partial charge in [0.15, 0.2) is 0 Å². The summed E-state index contributed by atoms with van der Waals surface area (Å²) in [6.45, 7) is 37.1. The lowest BCUT2D eigenvalue weighted by molar-refractivity contribution is 0.412. The van der Waals surface area contributed by atoms with Crippen molar-refractivity contribution in [2.45, 2.75) is 227 Å². The third kappa shape index (κ3) is 11.6. The number of rotatable bonds is 8. The van der Waals surface area contributed by atoms with E-state index in [4.69, 9.17) is 0 Å². The molecule has 70 heavy (non-hydrogen) atoms. The number of phenols is 4. The minimum Gasteiger partial charge on any atom is -0.508 e. The van der Waals surface area contributed by atoms with Gasteiger partial charge < -0.3 is 20.4 Å². The quantitative estimate of drug-likeness (QED) is 0.117. The average molecular weight is 949 g/mol. The molecule has 0 aromatic heterocycles. The molecule has 5 aromatic rings. The van der Waals surface area contributed by atoms with Gasteiger partial charge in [-0.3, -0.25) is 0 Å². The van der Waals surface area contributed by atoms with Crippen LogP contribution in [0.3, 0.4) is 0 Å². The van der Waals surface area contributed by atoms with Crippen LogP contribution in [0.2, 0.25) is 0 Å². The maximum atomic E-state index is 11.5. The SMILES string of the molecule is CC(C)(C)c1cc(C(C)(c2ccccc2)c2cc(C(C)(C)C)c(O)c(C(C)(C)C)c2)cc(C(C)(C)C)c1O.Cc1cc(O)c(C2CCCCC2)cc1C(c1cc(C2CCCCC2)c(O)cc1C)C(C)C. The van der Waals surface area contributed by atoms with Crippen molar-refractivity contribution >= 4 is 0 Å². The van der Waals surface area contributed by atoms with E-state index in [9.17, 15) is 20.4 Å². The Labute approximate surface area is 425 Å². The zero-order valence-electron chi connectivity index (χ0n) is 46.7. The monoisotopic (exact) mass is 949 g/mol. The van der Waals surface area contributed by atoms with Crippen molar-refractivity contribution < 1.29 is 20.4 Å². The molecule has 2 fully saturated rings. The minimum absolute atomic E-state index is 0.236. The van der Waals surface area contributed by atoms with E-state index in [0.717, 1.165) is 44.5 Å². The number of hydrogen-bond acceptors (Lipinski definition) is 4. The molecule has 0 unspecified atom stereocenters. The topological polar surface area (TPSA) is 80.9 Å². The smallest absolute Gasteiger partial charge is 0.123 e. The molecule has 4 nitrogen and oxygen atoms in total. The average Bonchev–Trinajstić information content (AvgIpc) is 3.27. The Morgan fingerprint density at radius 3 is 1.01 bits per heavy atom. The highest BCUT2D eigenvalue weighted by atomic mass is 16.3. The molecule has 4 N–H and O–H groups in total. The van der Waals surface area contributed by atoms with E-state index in [2.05, 4.69) is 184 Å². The second-order valence-electron chi connectivity index (χ2n) is 26.3. The summed E-state index contributed by atoms with van der Waals surface area (Å²) >= 11 is 0. The van der Waals surface area contributed by atoms with Crippen molar-refractivity contribution in [3.05, 3.63) is 151 Å². The largest absolute Gasteiger partial charge is 0.508 e. The summed E-state index contributed by atoms with van der Waals surface area (Å²) in [5.74, 6) is 3.39. The molecule has 2 saturated carbocycles. The van der Waals surface area contributed by atoms with E-state index in [1.807, 2.05) is 12.1 Å². The minimum atomic E-state index is -0.525. The van der Waals surface area contributed by atoms with Crippen molar-refractivity contribution in [1.82, 2.24) is 0 Å². The summed E-state index contributed by atoms with van der Waals surface area (Å²) in [6.07, 6.45) is 12.5. The van der Waals surface area contributed by atoms with Gasteiger partial charge in [-0.25, -0.2) is 0 Å². The number of aryl methyl sites for hydroxylation is 2. The van der Waals surface area contributed by atoms with Gasteiger partial charge >= 0.3 is 0 Å². The van der Waals surface area contributed by atoms with Crippen molar-refractivity contribution in [2.75, 3.05) is 0 Å². The van der Waals surface area contributed by atoms with Gasteiger partial charge in [0.05, 0.1) is 0 Å². The van der Waals surface area contributed by atoms with Crippen LogP contribution < -0.4 is 0 Å². The Kier molecular flexibility index (Phi) is 16.2. The zero-order valence-corrected chi connectivity index (χ0v) is 46.7. The van der Waals surface area contributed by atoms with Crippen molar-refractivity contribution in [3.63, 3.8) is 0 Å². The van der Waals surface area contributed by atoms with E-state index in [0.29, 0.717) is 40.8 Å². The highest BCUT2D eigenvalue weighted by Gasteiger charge is 2.39. The molecule has 2 aliphatic carbocycles. The molecule has 0 bridgehead atoms. The Morgan fingerprint density at radius 1 is 0.414 bits per heavy atom. The Hall–Kier alpha value is -4.70. The molecule has 0 amide bonds. The summed E-state index contributed by atoms with van der Waals surface area (Å²) in [7, 11) is 0. The number of aromatic hydroxyl groups is 4. The normalized spacial score (nSPS) is 15.9. The standard InChI is InChI=1S/C36H50O2.C30H42O2/c1-32(2,3)26-19-24(20-27(30(26)37)33(4,5)6)36(13,23-17-15-14-16-18-23)25-21-28(34(7,8)9)31(38)29(22-25)35(10,11)12;1-19(2)30(24-17-26(28(31)15-20(24)3)22-11-7-5-8-12-22)25-18-27(29(32)16-21(25)4)23-13-9-6-10-14-23/h14-22,37-38H,1-13H3;15-19,22-23,30-32H,5-14H2,1-4H3. The fourth-order valence-electron chi connectivity index (χ4n) is 11.9. The van der Waals surface area contributed by atoms with Crippen LogP contribution in [0.4, 0.5) is 0 Å². The van der Waals surface area contributed by atoms with Crippen molar-refractivity contribution in [1.29, 1.82) is 0 Å². The number of hydrogen-bond donors (Lipinski definition) is 4. The molecule has 0 heterocycles. The Bertz CT molecular complexity index is 2360. The molecule has 5 aromatic carbocycles. The summed E-state index contributed by atoms with van der Waals surface area (Å²) in [4.78, 5) is 0. The molecule has 380 valence electrons. The molecule has 0 spiro atoms. The van der Waals surface area contributed by atoms with Crippen LogP contribution in [0.15, 0.2) is 78.9 Å². The van der Waals surface area contributed by atoms with Gasteiger partial charge in [0.25, 0.3) is 0 Å². The maximum absolute atomic E-state index is 11.5. The lowest BCUT2D eigenvalue weighted by Gasteiger charge is -2.38. The highest BCUT2D eigenvalue weighted by molar-refractivity contribution is 5.61. The summed E-state index contributed by atoms with van der Waals surface area (Å²) < 4.78 is 0. The molecule has 7 rings (SSSR count).